The van der Waals surface area contributed by atoms with Gasteiger partial charge in [-0.2, -0.15) is 13.2 Å². The van der Waals surface area contributed by atoms with E-state index >= 15 is 0 Å². The van der Waals surface area contributed by atoms with Crippen molar-refractivity contribution in [1.29, 1.82) is 0 Å². The third kappa shape index (κ3) is 3.01. The number of rotatable bonds is 4. The molecular formula is C12H14F3NO2. The van der Waals surface area contributed by atoms with Gasteiger partial charge in [-0.25, -0.2) is 4.79 Å². The Morgan fingerprint density at radius 2 is 1.83 bits per heavy atom. The molecule has 0 aliphatic rings. The second-order valence-electron chi connectivity index (χ2n) is 3.88. The molecule has 0 heterocycles. The van der Waals surface area contributed by atoms with Gasteiger partial charge < -0.3 is 10.5 Å². The first kappa shape index (κ1) is 14.5. The standard InChI is InChI=1S/C12H14F3NO2/c1-2-11(16,12(13,14)15)10(17)18-8-9-6-4-3-5-7-9/h3-7H,2,8,16H2,1H3. The van der Waals surface area contributed by atoms with E-state index in [1.54, 1.807) is 30.3 Å². The smallest absolute Gasteiger partial charge is 0.417 e. The first-order valence-corrected chi connectivity index (χ1v) is 5.38. The maximum atomic E-state index is 12.7. The topological polar surface area (TPSA) is 52.3 Å². The third-order valence-electron chi connectivity index (χ3n) is 2.64. The molecule has 2 N–H and O–H groups in total. The molecule has 0 aliphatic carbocycles. The average Bonchev–Trinajstić information content (AvgIpc) is 2.34. The van der Waals surface area contributed by atoms with Gasteiger partial charge >= 0.3 is 12.1 Å². The summed E-state index contributed by atoms with van der Waals surface area (Å²) in [5.41, 5.74) is 2.74. The van der Waals surface area contributed by atoms with Gasteiger partial charge in [0.25, 0.3) is 0 Å². The number of alkyl halides is 3. The Balaban J connectivity index is 2.70. The molecule has 0 aromatic heterocycles. The number of benzene rings is 1. The molecule has 0 saturated heterocycles. The molecule has 0 amide bonds. The van der Waals surface area contributed by atoms with Crippen LogP contribution in [0.2, 0.25) is 0 Å². The molecular weight excluding hydrogens is 247 g/mol. The zero-order valence-corrected chi connectivity index (χ0v) is 9.83. The van der Waals surface area contributed by atoms with Gasteiger partial charge in [0.05, 0.1) is 0 Å². The van der Waals surface area contributed by atoms with Crippen molar-refractivity contribution >= 4 is 5.97 Å². The molecule has 0 fully saturated rings. The minimum Gasteiger partial charge on any atom is -0.459 e. The number of hydrogen-bond donors (Lipinski definition) is 1. The largest absolute Gasteiger partial charge is 0.459 e. The molecule has 0 radical (unpaired) electrons. The second-order valence-corrected chi connectivity index (χ2v) is 3.88. The van der Waals surface area contributed by atoms with Crippen molar-refractivity contribution in [3.05, 3.63) is 35.9 Å². The Morgan fingerprint density at radius 3 is 2.28 bits per heavy atom. The Morgan fingerprint density at radius 1 is 1.28 bits per heavy atom. The SMILES string of the molecule is CCC(N)(C(=O)OCc1ccccc1)C(F)(F)F. The molecule has 1 aromatic rings. The second kappa shape index (κ2) is 5.39. The zero-order valence-electron chi connectivity index (χ0n) is 9.83. The Bertz CT molecular complexity index is 406. The molecule has 1 aromatic carbocycles. The molecule has 100 valence electrons. The molecule has 1 rings (SSSR count). The van der Waals surface area contributed by atoms with Crippen LogP contribution in [-0.4, -0.2) is 17.7 Å². The van der Waals surface area contributed by atoms with E-state index in [0.717, 1.165) is 0 Å². The summed E-state index contributed by atoms with van der Waals surface area (Å²) in [7, 11) is 0. The van der Waals surface area contributed by atoms with E-state index in [1.807, 2.05) is 0 Å². The summed E-state index contributed by atoms with van der Waals surface area (Å²) in [6.07, 6.45) is -5.39. The van der Waals surface area contributed by atoms with Crippen molar-refractivity contribution in [1.82, 2.24) is 0 Å². The molecule has 6 heteroatoms. The van der Waals surface area contributed by atoms with Gasteiger partial charge in [-0.1, -0.05) is 37.3 Å². The van der Waals surface area contributed by atoms with Crippen molar-refractivity contribution in [2.45, 2.75) is 31.7 Å². The van der Waals surface area contributed by atoms with Crippen molar-refractivity contribution < 1.29 is 22.7 Å². The number of nitrogens with two attached hydrogens (primary N) is 1. The van der Waals surface area contributed by atoms with Gasteiger partial charge in [0, 0.05) is 0 Å². The normalized spacial score (nSPS) is 14.9. The van der Waals surface area contributed by atoms with Crippen molar-refractivity contribution in [3.8, 4) is 0 Å². The molecule has 0 bridgehead atoms. The predicted octanol–water partition coefficient (Wildman–Crippen LogP) is 2.40. The van der Waals surface area contributed by atoms with Gasteiger partial charge in [0.1, 0.15) is 6.61 Å². The summed E-state index contributed by atoms with van der Waals surface area (Å²) in [6, 6.07) is 8.43. The van der Waals surface area contributed by atoms with Crippen LogP contribution in [0.1, 0.15) is 18.9 Å². The summed E-state index contributed by atoms with van der Waals surface area (Å²) in [6.45, 7) is 0.964. The highest BCUT2D eigenvalue weighted by Gasteiger charge is 2.57. The summed E-state index contributed by atoms with van der Waals surface area (Å²) >= 11 is 0. The summed E-state index contributed by atoms with van der Waals surface area (Å²) in [5.74, 6) is -1.46. The van der Waals surface area contributed by atoms with E-state index < -0.39 is 24.1 Å². The van der Waals surface area contributed by atoms with Gasteiger partial charge in [0.2, 0.25) is 5.54 Å². The fourth-order valence-corrected chi connectivity index (χ4v) is 1.31. The average molecular weight is 261 g/mol. The highest BCUT2D eigenvalue weighted by Crippen LogP contribution is 2.32. The number of carbonyl (C=O) groups excluding carboxylic acids is 1. The van der Waals surface area contributed by atoms with Crippen LogP contribution in [-0.2, 0) is 16.1 Å². The van der Waals surface area contributed by atoms with Gasteiger partial charge in [0.15, 0.2) is 0 Å². The maximum Gasteiger partial charge on any atom is 0.417 e. The molecule has 0 spiro atoms. The van der Waals surface area contributed by atoms with Crippen LogP contribution < -0.4 is 5.73 Å². The first-order chi connectivity index (χ1) is 8.31. The highest BCUT2D eigenvalue weighted by atomic mass is 19.4. The quantitative estimate of drug-likeness (QED) is 0.847. The highest BCUT2D eigenvalue weighted by molar-refractivity contribution is 5.81. The van der Waals surface area contributed by atoms with E-state index in [1.165, 1.54) is 6.92 Å². The van der Waals surface area contributed by atoms with Crippen LogP contribution in [0, 0.1) is 0 Å². The Labute approximate surface area is 103 Å². The van der Waals surface area contributed by atoms with Gasteiger partial charge in [-0.3, -0.25) is 0 Å². The molecule has 0 aliphatic heterocycles. The summed E-state index contributed by atoms with van der Waals surface area (Å²) < 4.78 is 42.6. The predicted molar refractivity (Wildman–Crippen MR) is 59.5 cm³/mol. The van der Waals surface area contributed by atoms with E-state index in [2.05, 4.69) is 4.74 Å². The van der Waals surface area contributed by atoms with E-state index in [-0.39, 0.29) is 6.61 Å². The lowest BCUT2D eigenvalue weighted by Crippen LogP contribution is -2.59. The zero-order chi connectivity index (χ0) is 13.8. The molecule has 1 atom stereocenters. The Hall–Kier alpha value is -1.56. The number of hydrogen-bond acceptors (Lipinski definition) is 3. The summed E-state index contributed by atoms with van der Waals surface area (Å²) in [5, 5.41) is 0. The van der Waals surface area contributed by atoms with Gasteiger partial charge in [-0.15, -0.1) is 0 Å². The lowest BCUT2D eigenvalue weighted by Gasteiger charge is -2.28. The molecule has 3 nitrogen and oxygen atoms in total. The minimum atomic E-state index is -4.82. The third-order valence-corrected chi connectivity index (χ3v) is 2.64. The molecule has 0 saturated carbocycles. The van der Waals surface area contributed by atoms with Crippen LogP contribution >= 0.6 is 0 Å². The maximum absolute atomic E-state index is 12.7. The van der Waals surface area contributed by atoms with E-state index in [4.69, 9.17) is 5.73 Å². The number of ether oxygens (including phenoxy) is 1. The van der Waals surface area contributed by atoms with E-state index in [0.29, 0.717) is 5.56 Å². The monoisotopic (exact) mass is 261 g/mol. The van der Waals surface area contributed by atoms with Crippen LogP contribution in [0.15, 0.2) is 30.3 Å². The van der Waals surface area contributed by atoms with Crippen LogP contribution in [0.25, 0.3) is 0 Å². The lowest BCUT2D eigenvalue weighted by molar-refractivity contribution is -0.207. The minimum absolute atomic E-state index is 0.227. The molecule has 18 heavy (non-hydrogen) atoms. The van der Waals surface area contributed by atoms with Crippen molar-refractivity contribution in [3.63, 3.8) is 0 Å². The first-order valence-electron chi connectivity index (χ1n) is 5.38. The summed E-state index contributed by atoms with van der Waals surface area (Å²) in [4.78, 5) is 11.4. The number of esters is 1. The number of carbonyl (C=O) groups is 1. The van der Waals surface area contributed by atoms with E-state index in [9.17, 15) is 18.0 Å². The number of halogens is 3. The van der Waals surface area contributed by atoms with Crippen LogP contribution in [0.4, 0.5) is 13.2 Å². The Kier molecular flexibility index (Phi) is 4.34. The van der Waals surface area contributed by atoms with Crippen LogP contribution in [0.5, 0.6) is 0 Å². The fourth-order valence-electron chi connectivity index (χ4n) is 1.31. The lowest BCUT2D eigenvalue weighted by atomic mass is 9.97. The van der Waals surface area contributed by atoms with Crippen LogP contribution in [0.3, 0.4) is 0 Å². The van der Waals surface area contributed by atoms with Crippen molar-refractivity contribution in [2.75, 3.05) is 0 Å². The van der Waals surface area contributed by atoms with Gasteiger partial charge in [-0.05, 0) is 12.0 Å². The molecule has 1 unspecified atom stereocenters. The fraction of sp³-hybridized carbons (Fsp3) is 0.417. The van der Waals surface area contributed by atoms with Crippen molar-refractivity contribution in [2.24, 2.45) is 5.73 Å².